The van der Waals surface area contributed by atoms with Crippen LogP contribution >= 0.6 is 0 Å². The predicted octanol–water partition coefficient (Wildman–Crippen LogP) is 1.79. The first-order valence-corrected chi connectivity index (χ1v) is 3.94. The summed E-state index contributed by atoms with van der Waals surface area (Å²) in [5.74, 6) is 0. The Morgan fingerprint density at radius 1 is 1.50 bits per heavy atom. The number of rotatable bonds is 1. The Morgan fingerprint density at radius 2 is 2.25 bits per heavy atom. The summed E-state index contributed by atoms with van der Waals surface area (Å²) in [6.07, 6.45) is 2.49. The molecule has 1 aliphatic rings. The first-order valence-electron chi connectivity index (χ1n) is 3.94. The Morgan fingerprint density at radius 3 is 2.92 bits per heavy atom. The van der Waals surface area contributed by atoms with Gasteiger partial charge in [0.1, 0.15) is 0 Å². The topological polar surface area (TPSA) is 29.4 Å². The lowest BCUT2D eigenvalue weighted by Crippen LogP contribution is -2.33. The number of isocyanates is 1. The maximum Gasteiger partial charge on any atom is 0.235 e. The van der Waals surface area contributed by atoms with Crippen molar-refractivity contribution in [3.05, 3.63) is 35.4 Å². The summed E-state index contributed by atoms with van der Waals surface area (Å²) in [5.41, 5.74) is 2.16. The number of aliphatic imine (C=N–C) groups is 1. The lowest BCUT2D eigenvalue weighted by molar-refractivity contribution is 0.425. The van der Waals surface area contributed by atoms with Crippen molar-refractivity contribution < 1.29 is 4.79 Å². The van der Waals surface area contributed by atoms with Crippen LogP contribution in [0, 0.1) is 0 Å². The second-order valence-corrected chi connectivity index (χ2v) is 3.31. The number of nitrogens with zero attached hydrogens (tertiary/aromatic N) is 1. The number of fused-ring (bicyclic) bond motifs is 1. The zero-order valence-corrected chi connectivity index (χ0v) is 6.87. The molecule has 1 aromatic carbocycles. The van der Waals surface area contributed by atoms with Crippen LogP contribution in [0.15, 0.2) is 29.3 Å². The molecule has 2 heteroatoms. The van der Waals surface area contributed by atoms with Gasteiger partial charge in [-0.25, -0.2) is 4.79 Å². The molecule has 1 aliphatic carbocycles. The number of benzene rings is 1. The van der Waals surface area contributed by atoms with Crippen molar-refractivity contribution in [1.29, 1.82) is 0 Å². The van der Waals surface area contributed by atoms with Crippen LogP contribution in [0.2, 0.25) is 0 Å². The van der Waals surface area contributed by atoms with Gasteiger partial charge in [-0.3, -0.25) is 0 Å². The molecule has 0 saturated carbocycles. The van der Waals surface area contributed by atoms with Gasteiger partial charge in [0, 0.05) is 6.42 Å². The molecule has 0 saturated heterocycles. The molecule has 0 aromatic heterocycles. The van der Waals surface area contributed by atoms with Gasteiger partial charge in [0.15, 0.2) is 0 Å². The lowest BCUT2D eigenvalue weighted by atomic mass is 9.72. The summed E-state index contributed by atoms with van der Waals surface area (Å²) in [5, 5.41) is 0. The second kappa shape index (κ2) is 2.29. The van der Waals surface area contributed by atoms with Gasteiger partial charge in [-0.05, 0) is 18.1 Å². The van der Waals surface area contributed by atoms with Crippen LogP contribution < -0.4 is 0 Å². The average Bonchev–Trinajstić information content (AvgIpc) is 2.04. The maximum atomic E-state index is 10.1. The zero-order chi connectivity index (χ0) is 8.60. The SMILES string of the molecule is CC1(N=C=O)Cc2ccccc21. The third-order valence-corrected chi connectivity index (χ3v) is 2.42. The van der Waals surface area contributed by atoms with E-state index in [1.165, 1.54) is 5.56 Å². The van der Waals surface area contributed by atoms with E-state index >= 15 is 0 Å². The summed E-state index contributed by atoms with van der Waals surface area (Å²) in [6.45, 7) is 1.96. The maximum absolute atomic E-state index is 10.1. The van der Waals surface area contributed by atoms with Crippen LogP contribution in [-0.2, 0) is 16.8 Å². The average molecular weight is 159 g/mol. The van der Waals surface area contributed by atoms with E-state index in [9.17, 15) is 4.79 Å². The lowest BCUT2D eigenvalue weighted by Gasteiger charge is -2.36. The molecule has 1 unspecified atom stereocenters. The van der Waals surface area contributed by atoms with Crippen molar-refractivity contribution in [2.24, 2.45) is 4.99 Å². The predicted molar refractivity (Wildman–Crippen MR) is 45.6 cm³/mol. The van der Waals surface area contributed by atoms with E-state index in [1.54, 1.807) is 6.08 Å². The molecule has 0 amide bonds. The molecule has 0 fully saturated rings. The summed E-state index contributed by atoms with van der Waals surface area (Å²) in [6, 6.07) is 8.05. The van der Waals surface area contributed by atoms with Gasteiger partial charge >= 0.3 is 0 Å². The van der Waals surface area contributed by atoms with Gasteiger partial charge in [-0.1, -0.05) is 24.3 Å². The zero-order valence-electron chi connectivity index (χ0n) is 6.87. The van der Waals surface area contributed by atoms with Crippen molar-refractivity contribution in [1.82, 2.24) is 0 Å². The number of hydrogen-bond donors (Lipinski definition) is 0. The molecule has 12 heavy (non-hydrogen) atoms. The highest BCUT2D eigenvalue weighted by atomic mass is 16.1. The van der Waals surface area contributed by atoms with Crippen LogP contribution in [0.3, 0.4) is 0 Å². The Kier molecular flexibility index (Phi) is 1.39. The van der Waals surface area contributed by atoms with Crippen LogP contribution in [0.1, 0.15) is 18.1 Å². The second-order valence-electron chi connectivity index (χ2n) is 3.31. The Hall–Kier alpha value is -1.40. The molecular weight excluding hydrogens is 150 g/mol. The first kappa shape index (κ1) is 7.26. The van der Waals surface area contributed by atoms with Crippen LogP contribution in [0.4, 0.5) is 0 Å². The van der Waals surface area contributed by atoms with E-state index < -0.39 is 0 Å². The molecule has 0 spiro atoms. The van der Waals surface area contributed by atoms with Crippen molar-refractivity contribution in [2.75, 3.05) is 0 Å². The highest BCUT2D eigenvalue weighted by Gasteiger charge is 2.37. The Bertz CT molecular complexity index is 366. The summed E-state index contributed by atoms with van der Waals surface area (Å²) in [4.78, 5) is 13.9. The molecule has 0 bridgehead atoms. The minimum atomic E-state index is -0.293. The van der Waals surface area contributed by atoms with Gasteiger partial charge in [0.2, 0.25) is 6.08 Å². The van der Waals surface area contributed by atoms with Gasteiger partial charge in [0.05, 0.1) is 5.54 Å². The van der Waals surface area contributed by atoms with Crippen molar-refractivity contribution >= 4 is 6.08 Å². The monoisotopic (exact) mass is 159 g/mol. The summed E-state index contributed by atoms with van der Waals surface area (Å²) >= 11 is 0. The van der Waals surface area contributed by atoms with E-state index in [-0.39, 0.29) is 5.54 Å². The molecule has 0 radical (unpaired) electrons. The smallest absolute Gasteiger partial charge is 0.211 e. The molecule has 0 aliphatic heterocycles. The van der Waals surface area contributed by atoms with Crippen molar-refractivity contribution in [3.8, 4) is 0 Å². The van der Waals surface area contributed by atoms with E-state index in [0.29, 0.717) is 0 Å². The fourth-order valence-electron chi connectivity index (χ4n) is 1.76. The highest BCUT2D eigenvalue weighted by molar-refractivity contribution is 5.47. The van der Waals surface area contributed by atoms with Crippen LogP contribution in [-0.4, -0.2) is 6.08 Å². The minimum absolute atomic E-state index is 0.293. The third-order valence-electron chi connectivity index (χ3n) is 2.42. The molecule has 0 N–H and O–H groups in total. The fraction of sp³-hybridized carbons (Fsp3) is 0.300. The summed E-state index contributed by atoms with van der Waals surface area (Å²) < 4.78 is 0. The van der Waals surface area contributed by atoms with E-state index in [1.807, 2.05) is 25.1 Å². The fourth-order valence-corrected chi connectivity index (χ4v) is 1.76. The third kappa shape index (κ3) is 0.821. The number of carbonyl (C=O) groups excluding carboxylic acids is 1. The van der Waals surface area contributed by atoms with Gasteiger partial charge in [0.25, 0.3) is 0 Å². The van der Waals surface area contributed by atoms with Crippen LogP contribution in [0.25, 0.3) is 0 Å². The van der Waals surface area contributed by atoms with Gasteiger partial charge in [-0.2, -0.15) is 4.99 Å². The molecule has 0 heterocycles. The molecular formula is C10H9NO. The standard InChI is InChI=1S/C10H9NO/c1-10(11-7-12)6-8-4-2-3-5-9(8)10/h2-5H,6H2,1H3. The van der Waals surface area contributed by atoms with Crippen molar-refractivity contribution in [2.45, 2.75) is 18.9 Å². The summed E-state index contributed by atoms with van der Waals surface area (Å²) in [7, 11) is 0. The van der Waals surface area contributed by atoms with E-state index in [0.717, 1.165) is 12.0 Å². The normalized spacial score (nSPS) is 25.1. The van der Waals surface area contributed by atoms with Gasteiger partial charge in [-0.15, -0.1) is 0 Å². The number of hydrogen-bond acceptors (Lipinski definition) is 2. The molecule has 1 aromatic rings. The highest BCUT2D eigenvalue weighted by Crippen LogP contribution is 2.41. The Labute approximate surface area is 70.9 Å². The van der Waals surface area contributed by atoms with Crippen LogP contribution in [0.5, 0.6) is 0 Å². The Balaban J connectivity index is 2.47. The largest absolute Gasteiger partial charge is 0.235 e. The molecule has 1 atom stereocenters. The van der Waals surface area contributed by atoms with E-state index in [2.05, 4.69) is 11.1 Å². The van der Waals surface area contributed by atoms with Crippen molar-refractivity contribution in [3.63, 3.8) is 0 Å². The quantitative estimate of drug-likeness (QED) is 0.453. The first-order chi connectivity index (χ1) is 5.76. The minimum Gasteiger partial charge on any atom is -0.211 e. The van der Waals surface area contributed by atoms with Gasteiger partial charge < -0.3 is 0 Å². The molecule has 2 nitrogen and oxygen atoms in total. The molecule has 2 rings (SSSR count). The molecule has 60 valence electrons. The van der Waals surface area contributed by atoms with E-state index in [4.69, 9.17) is 0 Å².